The molecular formula is C16H14ClFN2O2. The van der Waals surface area contributed by atoms with Crippen molar-refractivity contribution in [3.63, 3.8) is 0 Å². The quantitative estimate of drug-likeness (QED) is 0.825. The first-order chi connectivity index (χ1) is 10.5. The highest BCUT2D eigenvalue weighted by Crippen LogP contribution is 2.22. The average Bonchev–Trinajstić information content (AvgIpc) is 2.47. The lowest BCUT2D eigenvalue weighted by Crippen LogP contribution is -2.21. The van der Waals surface area contributed by atoms with E-state index in [0.29, 0.717) is 16.9 Å². The van der Waals surface area contributed by atoms with Gasteiger partial charge in [-0.05, 0) is 49.4 Å². The topological polar surface area (TPSA) is 58.2 Å². The number of anilines is 2. The number of benzene rings is 2. The number of Topliss-reactive ketones (excluding diaryl/α,β-unsaturated/α-hetero) is 1. The van der Waals surface area contributed by atoms with Crippen LogP contribution in [0.15, 0.2) is 42.5 Å². The minimum Gasteiger partial charge on any atom is -0.375 e. The number of ketones is 1. The maximum atomic E-state index is 12.9. The van der Waals surface area contributed by atoms with Crippen LogP contribution >= 0.6 is 11.6 Å². The Kier molecular flexibility index (Phi) is 5.12. The monoisotopic (exact) mass is 320 g/mol. The van der Waals surface area contributed by atoms with Crippen LogP contribution in [0.5, 0.6) is 0 Å². The number of hydrogen-bond acceptors (Lipinski definition) is 3. The second kappa shape index (κ2) is 7.04. The Hall–Kier alpha value is -2.40. The summed E-state index contributed by atoms with van der Waals surface area (Å²) in [5.41, 5.74) is 1.64. The summed E-state index contributed by atoms with van der Waals surface area (Å²) < 4.78 is 12.9. The molecule has 0 aliphatic heterocycles. The number of halogens is 2. The molecule has 0 bridgehead atoms. The molecule has 0 unspecified atom stereocenters. The highest BCUT2D eigenvalue weighted by atomic mass is 35.5. The van der Waals surface area contributed by atoms with Gasteiger partial charge in [0.15, 0.2) is 5.78 Å². The van der Waals surface area contributed by atoms with Gasteiger partial charge in [-0.1, -0.05) is 11.6 Å². The van der Waals surface area contributed by atoms with Crippen molar-refractivity contribution in [3.05, 3.63) is 58.9 Å². The van der Waals surface area contributed by atoms with Gasteiger partial charge in [-0.3, -0.25) is 9.59 Å². The molecule has 0 saturated carbocycles. The highest BCUT2D eigenvalue weighted by Gasteiger charge is 2.06. The standard InChI is InChI=1S/C16H14ClFN2O2/c1-10(21)11-2-5-13(6-3-11)20-16(22)9-19-15-7-4-12(18)8-14(15)17/h2-8,19H,9H2,1H3,(H,20,22). The highest BCUT2D eigenvalue weighted by molar-refractivity contribution is 6.33. The molecule has 0 radical (unpaired) electrons. The Morgan fingerprint density at radius 3 is 2.41 bits per heavy atom. The summed E-state index contributed by atoms with van der Waals surface area (Å²) in [6.07, 6.45) is 0. The van der Waals surface area contributed by atoms with E-state index in [1.807, 2.05) is 0 Å². The molecule has 0 aromatic heterocycles. The second-order valence-electron chi connectivity index (χ2n) is 4.66. The molecule has 0 saturated heterocycles. The summed E-state index contributed by atoms with van der Waals surface area (Å²) in [4.78, 5) is 23.0. The van der Waals surface area contributed by atoms with Crippen LogP contribution in [0.3, 0.4) is 0 Å². The van der Waals surface area contributed by atoms with E-state index >= 15 is 0 Å². The summed E-state index contributed by atoms with van der Waals surface area (Å²) in [6.45, 7) is 1.46. The molecule has 2 aromatic carbocycles. The fourth-order valence-corrected chi connectivity index (χ4v) is 2.04. The molecule has 1 amide bonds. The van der Waals surface area contributed by atoms with Crippen LogP contribution in [-0.4, -0.2) is 18.2 Å². The van der Waals surface area contributed by atoms with Crippen LogP contribution in [-0.2, 0) is 4.79 Å². The Labute approximate surface area is 132 Å². The number of rotatable bonds is 5. The van der Waals surface area contributed by atoms with Gasteiger partial charge in [0.1, 0.15) is 5.82 Å². The predicted molar refractivity (Wildman–Crippen MR) is 85.0 cm³/mol. The molecular weight excluding hydrogens is 307 g/mol. The predicted octanol–water partition coefficient (Wildman–Crippen LogP) is 3.73. The van der Waals surface area contributed by atoms with E-state index in [1.165, 1.54) is 25.1 Å². The summed E-state index contributed by atoms with van der Waals surface area (Å²) >= 11 is 5.85. The van der Waals surface area contributed by atoms with Crippen molar-refractivity contribution in [3.8, 4) is 0 Å². The lowest BCUT2D eigenvalue weighted by Gasteiger charge is -2.09. The van der Waals surface area contributed by atoms with E-state index in [-0.39, 0.29) is 23.3 Å². The molecule has 0 aliphatic carbocycles. The molecule has 0 atom stereocenters. The van der Waals surface area contributed by atoms with Gasteiger partial charge in [0.05, 0.1) is 17.3 Å². The normalized spacial score (nSPS) is 10.1. The van der Waals surface area contributed by atoms with Crippen LogP contribution < -0.4 is 10.6 Å². The smallest absolute Gasteiger partial charge is 0.243 e. The van der Waals surface area contributed by atoms with Gasteiger partial charge in [-0.25, -0.2) is 4.39 Å². The number of carbonyl (C=O) groups is 2. The fourth-order valence-electron chi connectivity index (χ4n) is 1.80. The molecule has 0 fully saturated rings. The first-order valence-electron chi connectivity index (χ1n) is 6.55. The van der Waals surface area contributed by atoms with Crippen LogP contribution in [0.1, 0.15) is 17.3 Å². The van der Waals surface area contributed by atoms with Crippen molar-refractivity contribution in [2.75, 3.05) is 17.2 Å². The SMILES string of the molecule is CC(=O)c1ccc(NC(=O)CNc2ccc(F)cc2Cl)cc1. The van der Waals surface area contributed by atoms with Crippen molar-refractivity contribution in [2.24, 2.45) is 0 Å². The summed E-state index contributed by atoms with van der Waals surface area (Å²) in [6, 6.07) is 10.5. The molecule has 2 rings (SSSR count). The maximum absolute atomic E-state index is 12.9. The Morgan fingerprint density at radius 1 is 1.14 bits per heavy atom. The molecule has 114 valence electrons. The van der Waals surface area contributed by atoms with Crippen molar-refractivity contribution in [1.82, 2.24) is 0 Å². The average molecular weight is 321 g/mol. The first-order valence-corrected chi connectivity index (χ1v) is 6.93. The van der Waals surface area contributed by atoms with Gasteiger partial charge in [-0.15, -0.1) is 0 Å². The van der Waals surface area contributed by atoms with Crippen LogP contribution in [0.2, 0.25) is 5.02 Å². The zero-order valence-electron chi connectivity index (χ0n) is 11.8. The number of carbonyl (C=O) groups excluding carboxylic acids is 2. The minimum absolute atomic E-state index is 0.0141. The lowest BCUT2D eigenvalue weighted by atomic mass is 10.1. The van der Waals surface area contributed by atoms with E-state index in [0.717, 1.165) is 0 Å². The molecule has 0 spiro atoms. The Morgan fingerprint density at radius 2 is 1.82 bits per heavy atom. The molecule has 2 aromatic rings. The third-order valence-electron chi connectivity index (χ3n) is 2.95. The number of amides is 1. The van der Waals surface area contributed by atoms with E-state index in [1.54, 1.807) is 24.3 Å². The molecule has 22 heavy (non-hydrogen) atoms. The molecule has 6 heteroatoms. The number of hydrogen-bond donors (Lipinski definition) is 2. The van der Waals surface area contributed by atoms with Crippen molar-refractivity contribution < 1.29 is 14.0 Å². The molecule has 0 heterocycles. The van der Waals surface area contributed by atoms with Gasteiger partial charge >= 0.3 is 0 Å². The first kappa shape index (κ1) is 16.0. The minimum atomic E-state index is -0.439. The largest absolute Gasteiger partial charge is 0.375 e. The van der Waals surface area contributed by atoms with E-state index in [4.69, 9.17) is 11.6 Å². The van der Waals surface area contributed by atoms with Gasteiger partial charge in [0.2, 0.25) is 5.91 Å². The van der Waals surface area contributed by atoms with E-state index < -0.39 is 5.82 Å². The van der Waals surface area contributed by atoms with Crippen LogP contribution in [0, 0.1) is 5.82 Å². The van der Waals surface area contributed by atoms with Crippen molar-refractivity contribution in [2.45, 2.75) is 6.92 Å². The zero-order valence-corrected chi connectivity index (χ0v) is 12.6. The summed E-state index contributed by atoms with van der Waals surface area (Å²) in [5, 5.41) is 5.71. The Bertz CT molecular complexity index is 702. The molecule has 2 N–H and O–H groups in total. The van der Waals surface area contributed by atoms with Crippen LogP contribution in [0.4, 0.5) is 15.8 Å². The third-order valence-corrected chi connectivity index (χ3v) is 3.26. The van der Waals surface area contributed by atoms with E-state index in [9.17, 15) is 14.0 Å². The van der Waals surface area contributed by atoms with Crippen LogP contribution in [0.25, 0.3) is 0 Å². The fraction of sp³-hybridized carbons (Fsp3) is 0.125. The third kappa shape index (κ3) is 4.30. The molecule has 4 nitrogen and oxygen atoms in total. The number of nitrogens with one attached hydrogen (secondary N) is 2. The second-order valence-corrected chi connectivity index (χ2v) is 5.07. The summed E-state index contributed by atoms with van der Waals surface area (Å²) in [7, 11) is 0. The van der Waals surface area contributed by atoms with Gasteiger partial charge in [-0.2, -0.15) is 0 Å². The Balaban J connectivity index is 1.91. The van der Waals surface area contributed by atoms with Gasteiger partial charge in [0, 0.05) is 11.3 Å². The van der Waals surface area contributed by atoms with Gasteiger partial charge in [0.25, 0.3) is 0 Å². The van der Waals surface area contributed by atoms with Crippen molar-refractivity contribution >= 4 is 34.7 Å². The van der Waals surface area contributed by atoms with Gasteiger partial charge < -0.3 is 10.6 Å². The lowest BCUT2D eigenvalue weighted by molar-refractivity contribution is -0.114. The maximum Gasteiger partial charge on any atom is 0.243 e. The van der Waals surface area contributed by atoms with Crippen molar-refractivity contribution in [1.29, 1.82) is 0 Å². The summed E-state index contributed by atoms with van der Waals surface area (Å²) in [5.74, 6) is -0.757. The van der Waals surface area contributed by atoms with E-state index in [2.05, 4.69) is 10.6 Å². The molecule has 0 aliphatic rings. The zero-order chi connectivity index (χ0) is 16.1.